The zero-order valence-electron chi connectivity index (χ0n) is 13.4. The summed E-state index contributed by atoms with van der Waals surface area (Å²) >= 11 is 0. The average Bonchev–Trinajstić information content (AvgIpc) is 2.43. The molecular weight excluding hydrogens is 282 g/mol. The highest BCUT2D eigenvalue weighted by molar-refractivity contribution is 5.94. The molecule has 22 heavy (non-hydrogen) atoms. The van der Waals surface area contributed by atoms with Gasteiger partial charge in [-0.15, -0.1) is 0 Å². The largest absolute Gasteiger partial charge is 0.492 e. The Bertz CT molecular complexity index is 492. The number of nitrogens with one attached hydrogen (secondary N) is 2. The van der Waals surface area contributed by atoms with Crippen LogP contribution in [0.2, 0.25) is 0 Å². The lowest BCUT2D eigenvalue weighted by atomic mass is 9.92. The fourth-order valence-corrected chi connectivity index (χ4v) is 1.74. The summed E-state index contributed by atoms with van der Waals surface area (Å²) in [5.74, 6) is 0.299. The van der Waals surface area contributed by atoms with Gasteiger partial charge >= 0.3 is 0 Å². The van der Waals surface area contributed by atoms with Crippen molar-refractivity contribution >= 4 is 17.5 Å². The third-order valence-corrected chi connectivity index (χ3v) is 2.66. The van der Waals surface area contributed by atoms with Crippen molar-refractivity contribution in [2.24, 2.45) is 11.1 Å². The average molecular weight is 307 g/mol. The van der Waals surface area contributed by atoms with Crippen LogP contribution in [0.4, 0.5) is 5.69 Å². The van der Waals surface area contributed by atoms with Crippen LogP contribution in [0, 0.1) is 5.41 Å². The second kappa shape index (κ2) is 8.38. The molecule has 1 aromatic rings. The lowest BCUT2D eigenvalue weighted by Crippen LogP contribution is -2.34. The van der Waals surface area contributed by atoms with E-state index in [1.54, 1.807) is 24.3 Å². The van der Waals surface area contributed by atoms with E-state index in [0.29, 0.717) is 31.0 Å². The van der Waals surface area contributed by atoms with Crippen LogP contribution in [0.3, 0.4) is 0 Å². The van der Waals surface area contributed by atoms with Crippen LogP contribution in [0.15, 0.2) is 24.3 Å². The van der Waals surface area contributed by atoms with Crippen LogP contribution in [-0.4, -0.2) is 31.5 Å². The van der Waals surface area contributed by atoms with Gasteiger partial charge in [-0.05, 0) is 29.7 Å². The number of rotatable bonds is 7. The summed E-state index contributed by atoms with van der Waals surface area (Å²) in [6.45, 7) is 6.78. The summed E-state index contributed by atoms with van der Waals surface area (Å²) in [5, 5.41) is 5.32. The Labute approximate surface area is 131 Å². The topological polar surface area (TPSA) is 93.5 Å². The summed E-state index contributed by atoms with van der Waals surface area (Å²) < 4.78 is 5.35. The van der Waals surface area contributed by atoms with Crippen LogP contribution >= 0.6 is 0 Å². The van der Waals surface area contributed by atoms with Crippen LogP contribution in [0.25, 0.3) is 0 Å². The molecule has 2 amide bonds. The standard InChI is InChI=1S/C16H25N3O3/c1-16(2,3)10-14(20)18-11-15(21)19-12-4-6-13(7-5-12)22-9-8-17/h4-7H,8-11,17H2,1-3H3,(H,18,20)(H,19,21). The van der Waals surface area contributed by atoms with Gasteiger partial charge in [-0.25, -0.2) is 0 Å². The quantitative estimate of drug-likeness (QED) is 0.712. The molecule has 0 saturated carbocycles. The fourth-order valence-electron chi connectivity index (χ4n) is 1.74. The highest BCUT2D eigenvalue weighted by atomic mass is 16.5. The van der Waals surface area contributed by atoms with Crippen LogP contribution in [-0.2, 0) is 9.59 Å². The van der Waals surface area contributed by atoms with E-state index >= 15 is 0 Å². The smallest absolute Gasteiger partial charge is 0.243 e. The molecule has 0 aromatic heterocycles. The predicted molar refractivity (Wildman–Crippen MR) is 86.7 cm³/mol. The van der Waals surface area contributed by atoms with Gasteiger partial charge in [0.15, 0.2) is 0 Å². The van der Waals surface area contributed by atoms with E-state index in [-0.39, 0.29) is 23.8 Å². The number of hydrogen-bond donors (Lipinski definition) is 3. The first-order valence-corrected chi connectivity index (χ1v) is 7.29. The van der Waals surface area contributed by atoms with E-state index in [4.69, 9.17) is 10.5 Å². The summed E-state index contributed by atoms with van der Waals surface area (Å²) in [7, 11) is 0. The molecule has 0 aliphatic carbocycles. The number of ether oxygens (including phenoxy) is 1. The molecule has 0 spiro atoms. The van der Waals surface area contributed by atoms with Gasteiger partial charge in [-0.3, -0.25) is 9.59 Å². The lowest BCUT2D eigenvalue weighted by Gasteiger charge is -2.17. The molecule has 0 radical (unpaired) electrons. The van der Waals surface area contributed by atoms with Gasteiger partial charge in [0.05, 0.1) is 6.54 Å². The highest BCUT2D eigenvalue weighted by Gasteiger charge is 2.16. The maximum atomic E-state index is 11.8. The normalized spacial score (nSPS) is 10.9. The Morgan fingerprint density at radius 3 is 2.32 bits per heavy atom. The molecule has 0 atom stereocenters. The van der Waals surface area contributed by atoms with Gasteiger partial charge in [-0.1, -0.05) is 20.8 Å². The number of benzene rings is 1. The van der Waals surface area contributed by atoms with Gasteiger partial charge in [0.1, 0.15) is 12.4 Å². The first-order chi connectivity index (χ1) is 10.3. The van der Waals surface area contributed by atoms with Crippen molar-refractivity contribution in [1.29, 1.82) is 0 Å². The maximum absolute atomic E-state index is 11.8. The zero-order valence-corrected chi connectivity index (χ0v) is 13.4. The molecule has 0 heterocycles. The minimum absolute atomic E-state index is 0.0413. The SMILES string of the molecule is CC(C)(C)CC(=O)NCC(=O)Nc1ccc(OCCN)cc1. The Morgan fingerprint density at radius 2 is 1.77 bits per heavy atom. The number of anilines is 1. The van der Waals surface area contributed by atoms with E-state index in [9.17, 15) is 9.59 Å². The van der Waals surface area contributed by atoms with Crippen molar-refractivity contribution in [2.45, 2.75) is 27.2 Å². The lowest BCUT2D eigenvalue weighted by molar-refractivity contribution is -0.125. The van der Waals surface area contributed by atoms with Crippen molar-refractivity contribution in [1.82, 2.24) is 5.32 Å². The first kappa shape index (κ1) is 18.0. The number of amides is 2. The molecule has 0 bridgehead atoms. The van der Waals surface area contributed by atoms with Gasteiger partial charge < -0.3 is 21.1 Å². The van der Waals surface area contributed by atoms with E-state index in [1.807, 2.05) is 20.8 Å². The number of nitrogens with two attached hydrogens (primary N) is 1. The molecular formula is C16H25N3O3. The molecule has 0 fully saturated rings. The second-order valence-corrected chi connectivity index (χ2v) is 6.22. The summed E-state index contributed by atoms with van der Waals surface area (Å²) in [6.07, 6.45) is 0.382. The molecule has 1 rings (SSSR count). The monoisotopic (exact) mass is 307 g/mol. The molecule has 0 aliphatic heterocycles. The van der Waals surface area contributed by atoms with Crippen molar-refractivity contribution in [3.05, 3.63) is 24.3 Å². The van der Waals surface area contributed by atoms with E-state index in [2.05, 4.69) is 10.6 Å². The summed E-state index contributed by atoms with van der Waals surface area (Å²) in [5.41, 5.74) is 5.90. The minimum Gasteiger partial charge on any atom is -0.492 e. The van der Waals surface area contributed by atoms with E-state index in [1.165, 1.54) is 0 Å². The zero-order chi connectivity index (χ0) is 16.6. The number of carbonyl (C=O) groups excluding carboxylic acids is 2. The molecule has 0 saturated heterocycles. The minimum atomic E-state index is -0.266. The van der Waals surface area contributed by atoms with Crippen LogP contribution < -0.4 is 21.1 Å². The van der Waals surface area contributed by atoms with E-state index in [0.717, 1.165) is 0 Å². The Hall–Kier alpha value is -2.08. The Kier molecular flexibility index (Phi) is 6.85. The van der Waals surface area contributed by atoms with Gasteiger partial charge in [0.2, 0.25) is 11.8 Å². The van der Waals surface area contributed by atoms with Gasteiger partial charge in [0, 0.05) is 18.7 Å². The third-order valence-electron chi connectivity index (χ3n) is 2.66. The maximum Gasteiger partial charge on any atom is 0.243 e. The summed E-state index contributed by atoms with van der Waals surface area (Å²) in [4.78, 5) is 23.4. The van der Waals surface area contributed by atoms with Crippen LogP contribution in [0.1, 0.15) is 27.2 Å². The summed E-state index contributed by atoms with van der Waals surface area (Å²) in [6, 6.07) is 6.98. The molecule has 122 valence electrons. The number of carbonyl (C=O) groups is 2. The molecule has 4 N–H and O–H groups in total. The van der Waals surface area contributed by atoms with Gasteiger partial charge in [-0.2, -0.15) is 0 Å². The molecule has 1 aromatic carbocycles. The number of hydrogen-bond acceptors (Lipinski definition) is 4. The van der Waals surface area contributed by atoms with Gasteiger partial charge in [0.25, 0.3) is 0 Å². The Morgan fingerprint density at radius 1 is 1.14 bits per heavy atom. The van der Waals surface area contributed by atoms with Crippen LogP contribution in [0.5, 0.6) is 5.75 Å². The highest BCUT2D eigenvalue weighted by Crippen LogP contribution is 2.18. The van der Waals surface area contributed by atoms with Crippen molar-refractivity contribution in [2.75, 3.05) is 25.0 Å². The predicted octanol–water partition coefficient (Wildman–Crippen LogP) is 1.51. The van der Waals surface area contributed by atoms with Crippen molar-refractivity contribution in [3.8, 4) is 5.75 Å². The molecule has 0 unspecified atom stereocenters. The molecule has 0 aliphatic rings. The fraction of sp³-hybridized carbons (Fsp3) is 0.500. The molecule has 6 heteroatoms. The Balaban J connectivity index is 2.37. The first-order valence-electron chi connectivity index (χ1n) is 7.29. The van der Waals surface area contributed by atoms with E-state index < -0.39 is 0 Å². The van der Waals surface area contributed by atoms with Crippen molar-refractivity contribution in [3.63, 3.8) is 0 Å². The van der Waals surface area contributed by atoms with Crippen molar-refractivity contribution < 1.29 is 14.3 Å². The third kappa shape index (κ3) is 7.64. The second-order valence-electron chi connectivity index (χ2n) is 6.22. The molecule has 6 nitrogen and oxygen atoms in total.